The molecule has 0 spiro atoms. The molecule has 2 aliphatic rings. The molecule has 1 aliphatic heterocycles. The van der Waals surface area contributed by atoms with Crippen LogP contribution in [0.1, 0.15) is 68.9 Å². The van der Waals surface area contributed by atoms with Crippen LogP contribution in [0.15, 0.2) is 23.7 Å². The van der Waals surface area contributed by atoms with Crippen LogP contribution in [-0.2, 0) is 20.5 Å². The van der Waals surface area contributed by atoms with Crippen LogP contribution in [0.5, 0.6) is 0 Å². The van der Waals surface area contributed by atoms with E-state index in [2.05, 4.69) is 0 Å². The van der Waals surface area contributed by atoms with Gasteiger partial charge in [-0.1, -0.05) is 30.0 Å². The van der Waals surface area contributed by atoms with Crippen LogP contribution in [0.25, 0.3) is 6.08 Å². The minimum Gasteiger partial charge on any atom is -0.400 e. The zero-order valence-electron chi connectivity index (χ0n) is 16.8. The summed E-state index contributed by atoms with van der Waals surface area (Å²) in [6, 6.07) is 6.03. The molecule has 1 aromatic rings. The maximum absolute atomic E-state index is 12.2. The van der Waals surface area contributed by atoms with Crippen LogP contribution in [0, 0.1) is 0 Å². The lowest BCUT2D eigenvalue weighted by atomic mass is 9.78. The summed E-state index contributed by atoms with van der Waals surface area (Å²) in [5.41, 5.74) is 2.91. The Morgan fingerprint density at radius 3 is 2.48 bits per heavy atom. The molecule has 1 saturated heterocycles. The van der Waals surface area contributed by atoms with Crippen molar-refractivity contribution in [3.05, 3.63) is 40.4 Å². The predicted octanol–water partition coefficient (Wildman–Crippen LogP) is 4.50. The van der Waals surface area contributed by atoms with E-state index in [1.807, 2.05) is 52.0 Å². The lowest BCUT2D eigenvalue weighted by Gasteiger charge is -2.32. The van der Waals surface area contributed by atoms with Crippen molar-refractivity contribution in [2.75, 3.05) is 5.75 Å². The SMILES string of the molecule is CC(=O)SCC(=Cc1ccc2c(c1)C(=O)CCC2)B1OC(C)(C)C(C)(C)O1. The summed E-state index contributed by atoms with van der Waals surface area (Å²) < 4.78 is 12.4. The molecule has 27 heavy (non-hydrogen) atoms. The summed E-state index contributed by atoms with van der Waals surface area (Å²) >= 11 is 1.24. The highest BCUT2D eigenvalue weighted by Crippen LogP contribution is 2.39. The van der Waals surface area contributed by atoms with Gasteiger partial charge >= 0.3 is 7.12 Å². The van der Waals surface area contributed by atoms with E-state index < -0.39 is 18.3 Å². The number of carbonyl (C=O) groups excluding carboxylic acids is 2. The number of benzene rings is 1. The van der Waals surface area contributed by atoms with Gasteiger partial charge < -0.3 is 9.31 Å². The fourth-order valence-electron chi connectivity index (χ4n) is 3.31. The third-order valence-corrected chi connectivity index (χ3v) is 6.52. The Morgan fingerprint density at radius 1 is 1.19 bits per heavy atom. The molecule has 1 aromatic carbocycles. The molecule has 144 valence electrons. The first kappa shape index (κ1) is 20.4. The third-order valence-electron chi connectivity index (χ3n) is 5.63. The molecule has 1 fully saturated rings. The van der Waals surface area contributed by atoms with Crippen molar-refractivity contribution in [1.29, 1.82) is 0 Å². The minimum absolute atomic E-state index is 0.0537. The van der Waals surface area contributed by atoms with Crippen molar-refractivity contribution in [1.82, 2.24) is 0 Å². The van der Waals surface area contributed by atoms with E-state index in [1.165, 1.54) is 11.8 Å². The highest BCUT2D eigenvalue weighted by Gasteiger charge is 2.52. The fourth-order valence-corrected chi connectivity index (χ4v) is 3.90. The lowest BCUT2D eigenvalue weighted by Crippen LogP contribution is -2.41. The van der Waals surface area contributed by atoms with Gasteiger partial charge in [-0.25, -0.2) is 0 Å². The van der Waals surface area contributed by atoms with Gasteiger partial charge in [-0.3, -0.25) is 9.59 Å². The Bertz CT molecular complexity index is 781. The van der Waals surface area contributed by atoms with Crippen molar-refractivity contribution in [3.63, 3.8) is 0 Å². The van der Waals surface area contributed by atoms with Crippen molar-refractivity contribution in [3.8, 4) is 0 Å². The molecule has 0 atom stereocenters. The Labute approximate surface area is 166 Å². The first-order valence-corrected chi connectivity index (χ1v) is 10.4. The van der Waals surface area contributed by atoms with Crippen LogP contribution in [0.2, 0.25) is 0 Å². The fraction of sp³-hybridized carbons (Fsp3) is 0.524. The second-order valence-electron chi connectivity index (χ2n) is 8.28. The largest absolute Gasteiger partial charge is 0.491 e. The first-order valence-electron chi connectivity index (χ1n) is 9.45. The summed E-state index contributed by atoms with van der Waals surface area (Å²) in [5.74, 6) is 0.707. The Morgan fingerprint density at radius 2 is 1.85 bits per heavy atom. The van der Waals surface area contributed by atoms with Gasteiger partial charge in [-0.05, 0) is 63.2 Å². The standard InChI is InChI=1S/C21H27BO4S/c1-14(23)27-13-17(22-25-20(2,3)21(4,5)26-22)11-15-9-10-16-7-6-8-19(24)18(16)12-15/h9-12H,6-8,13H2,1-5H3. The van der Waals surface area contributed by atoms with Crippen LogP contribution in [0.3, 0.4) is 0 Å². The number of hydrogen-bond donors (Lipinski definition) is 0. The van der Waals surface area contributed by atoms with Gasteiger partial charge in [-0.15, -0.1) is 0 Å². The summed E-state index contributed by atoms with van der Waals surface area (Å²) in [4.78, 5) is 23.8. The molecule has 6 heteroatoms. The molecule has 0 amide bonds. The Kier molecular flexibility index (Phi) is 5.71. The maximum Gasteiger partial charge on any atom is 0.491 e. The normalized spacial score (nSPS) is 21.3. The van der Waals surface area contributed by atoms with Gasteiger partial charge in [0.1, 0.15) is 0 Å². The number of fused-ring (bicyclic) bond motifs is 1. The summed E-state index contributed by atoms with van der Waals surface area (Å²) in [6.45, 7) is 9.62. The van der Waals surface area contributed by atoms with Crippen molar-refractivity contribution in [2.45, 2.75) is 65.1 Å². The van der Waals surface area contributed by atoms with Gasteiger partial charge in [0.15, 0.2) is 10.9 Å². The average molecular weight is 386 g/mol. The Balaban J connectivity index is 1.93. The van der Waals surface area contributed by atoms with Crippen LogP contribution in [0.4, 0.5) is 0 Å². The van der Waals surface area contributed by atoms with E-state index in [0.717, 1.165) is 35.0 Å². The van der Waals surface area contributed by atoms with Gasteiger partial charge in [0.25, 0.3) is 0 Å². The topological polar surface area (TPSA) is 52.6 Å². The summed E-state index contributed by atoms with van der Waals surface area (Å²) in [6.07, 6.45) is 4.50. The third kappa shape index (κ3) is 4.39. The van der Waals surface area contributed by atoms with E-state index in [-0.39, 0.29) is 10.9 Å². The minimum atomic E-state index is -0.506. The number of hydrogen-bond acceptors (Lipinski definition) is 5. The molecule has 0 unspecified atom stereocenters. The van der Waals surface area contributed by atoms with Crippen molar-refractivity contribution >= 4 is 35.9 Å². The molecule has 0 N–H and O–H groups in total. The molecular formula is C21H27BO4S. The zero-order chi connectivity index (χ0) is 19.8. The molecular weight excluding hydrogens is 359 g/mol. The number of rotatable bonds is 4. The highest BCUT2D eigenvalue weighted by atomic mass is 32.2. The Hall–Kier alpha value is -1.37. The average Bonchev–Trinajstić information content (AvgIpc) is 2.79. The van der Waals surface area contributed by atoms with Crippen LogP contribution >= 0.6 is 11.8 Å². The second kappa shape index (κ2) is 7.57. The molecule has 0 aromatic heterocycles. The molecule has 0 bridgehead atoms. The quantitative estimate of drug-likeness (QED) is 0.714. The van der Waals surface area contributed by atoms with Gasteiger partial charge in [0, 0.05) is 24.7 Å². The number of thioether (sulfide) groups is 1. The molecule has 1 aliphatic carbocycles. The summed E-state index contributed by atoms with van der Waals surface area (Å²) in [7, 11) is -0.506. The summed E-state index contributed by atoms with van der Waals surface area (Å²) in [5, 5.41) is 0.0537. The molecule has 3 rings (SSSR count). The number of carbonyl (C=O) groups is 2. The lowest BCUT2D eigenvalue weighted by molar-refractivity contribution is -0.109. The molecule has 4 nitrogen and oxygen atoms in total. The van der Waals surface area contributed by atoms with Crippen LogP contribution < -0.4 is 0 Å². The van der Waals surface area contributed by atoms with Crippen molar-refractivity contribution in [2.24, 2.45) is 0 Å². The maximum atomic E-state index is 12.2. The number of Topliss-reactive ketones (excluding diaryl/α,β-unsaturated/α-hetero) is 1. The zero-order valence-corrected chi connectivity index (χ0v) is 17.6. The molecule has 1 heterocycles. The van der Waals surface area contributed by atoms with Crippen LogP contribution in [-0.4, -0.2) is 35.0 Å². The van der Waals surface area contributed by atoms with Crippen molar-refractivity contribution < 1.29 is 18.9 Å². The monoisotopic (exact) mass is 386 g/mol. The second-order valence-corrected chi connectivity index (χ2v) is 9.43. The predicted molar refractivity (Wildman–Crippen MR) is 111 cm³/mol. The van der Waals surface area contributed by atoms with E-state index in [1.54, 1.807) is 6.92 Å². The van der Waals surface area contributed by atoms with E-state index >= 15 is 0 Å². The van der Waals surface area contributed by atoms with E-state index in [9.17, 15) is 9.59 Å². The van der Waals surface area contributed by atoms with Gasteiger partial charge in [0.05, 0.1) is 11.2 Å². The number of aryl methyl sites for hydroxylation is 1. The molecule has 0 radical (unpaired) electrons. The number of ketones is 1. The highest BCUT2D eigenvalue weighted by molar-refractivity contribution is 8.13. The van der Waals surface area contributed by atoms with E-state index in [4.69, 9.17) is 9.31 Å². The molecule has 0 saturated carbocycles. The van der Waals surface area contributed by atoms with Gasteiger partial charge in [0.2, 0.25) is 0 Å². The van der Waals surface area contributed by atoms with Gasteiger partial charge in [-0.2, -0.15) is 0 Å². The van der Waals surface area contributed by atoms with E-state index in [0.29, 0.717) is 12.2 Å². The first-order chi connectivity index (χ1) is 12.6. The smallest absolute Gasteiger partial charge is 0.400 e.